The highest BCUT2D eigenvalue weighted by Gasteiger charge is 2.33. The van der Waals surface area contributed by atoms with Crippen LogP contribution in [0.15, 0.2) is 29.1 Å². The maximum Gasteiger partial charge on any atom is 0.243 e. The van der Waals surface area contributed by atoms with E-state index >= 15 is 0 Å². The highest BCUT2D eigenvalue weighted by molar-refractivity contribution is 7.91. The van der Waals surface area contributed by atoms with Crippen molar-refractivity contribution in [2.24, 2.45) is 5.92 Å². The first-order valence-corrected chi connectivity index (χ1v) is 15.8. The monoisotopic (exact) mass is 601 g/mol. The van der Waals surface area contributed by atoms with Crippen molar-refractivity contribution >= 4 is 27.3 Å². The summed E-state index contributed by atoms with van der Waals surface area (Å²) in [5.74, 6) is 0.469. The van der Waals surface area contributed by atoms with E-state index in [1.54, 1.807) is 19.2 Å². The summed E-state index contributed by atoms with van der Waals surface area (Å²) in [6.07, 6.45) is 1.45. The zero-order chi connectivity index (χ0) is 30.8. The molecular formula is C30H39N3O8S. The van der Waals surface area contributed by atoms with Gasteiger partial charge in [0.05, 0.1) is 44.6 Å². The summed E-state index contributed by atoms with van der Waals surface area (Å²) in [6.45, 7) is 5.12. The van der Waals surface area contributed by atoms with Gasteiger partial charge in [-0.15, -0.1) is 0 Å². The van der Waals surface area contributed by atoms with Crippen LogP contribution in [0.3, 0.4) is 0 Å². The minimum Gasteiger partial charge on any atom is -0.493 e. The zero-order valence-corrected chi connectivity index (χ0v) is 25.6. The molecular weight excluding hydrogens is 562 g/mol. The molecule has 0 spiro atoms. The third-order valence-electron chi connectivity index (χ3n) is 7.75. The van der Waals surface area contributed by atoms with Crippen LogP contribution >= 0.6 is 0 Å². The van der Waals surface area contributed by atoms with Crippen LogP contribution in [-0.4, -0.2) is 65.2 Å². The summed E-state index contributed by atoms with van der Waals surface area (Å²) < 4.78 is 40.8. The Morgan fingerprint density at radius 2 is 1.69 bits per heavy atom. The van der Waals surface area contributed by atoms with Crippen LogP contribution in [0, 0.1) is 5.92 Å². The summed E-state index contributed by atoms with van der Waals surface area (Å²) in [4.78, 5) is 39.1. The second-order valence-corrected chi connectivity index (χ2v) is 13.3. The molecule has 2 aromatic rings. The number of fused-ring (bicyclic) bond motifs is 3. The molecule has 0 saturated carbocycles. The fraction of sp³-hybridized carbons (Fsp3) is 0.500. The number of hydrogen-bond acceptors (Lipinski definition) is 9. The molecule has 228 valence electrons. The van der Waals surface area contributed by atoms with E-state index in [2.05, 4.69) is 16.0 Å². The first-order chi connectivity index (χ1) is 19.9. The topological polar surface area (TPSA) is 149 Å². The number of ether oxygens (including phenoxy) is 3. The number of hydrogen-bond donors (Lipinski definition) is 3. The van der Waals surface area contributed by atoms with Crippen molar-refractivity contribution in [2.45, 2.75) is 58.2 Å². The number of nitrogens with one attached hydrogen (secondary N) is 3. The fourth-order valence-corrected chi connectivity index (χ4v) is 7.40. The minimum atomic E-state index is -3.17. The molecule has 3 atom stereocenters. The standard InChI is InChI=1S/C30H39N3O8S/c1-16(2)27(30(36)32-19-11-12-42(37,38)15-19)33-23-10-8-20-21(14-24(23)35)22(31-17(3)34)9-7-18-13-25(39-4)28(40-5)29(41-6)26(18)20/h8,10,13-14,16,19,22,27H,7,9,11-12,15H2,1-6H3,(H,31,34)(H,32,36)(H,33,35). The van der Waals surface area contributed by atoms with Gasteiger partial charge in [0.1, 0.15) is 6.04 Å². The van der Waals surface area contributed by atoms with E-state index in [1.165, 1.54) is 27.2 Å². The van der Waals surface area contributed by atoms with Crippen molar-refractivity contribution in [3.05, 3.63) is 45.6 Å². The van der Waals surface area contributed by atoms with Crippen molar-refractivity contribution in [2.75, 3.05) is 38.2 Å². The molecule has 0 aromatic heterocycles. The fourth-order valence-electron chi connectivity index (χ4n) is 5.73. The molecule has 1 aliphatic heterocycles. The molecule has 42 heavy (non-hydrogen) atoms. The van der Waals surface area contributed by atoms with E-state index < -0.39 is 28.0 Å². The third-order valence-corrected chi connectivity index (χ3v) is 9.52. The molecule has 1 aliphatic carbocycles. The predicted molar refractivity (Wildman–Crippen MR) is 160 cm³/mol. The summed E-state index contributed by atoms with van der Waals surface area (Å²) in [5, 5.41) is 8.92. The van der Waals surface area contributed by atoms with Gasteiger partial charge in [0, 0.05) is 18.5 Å². The second kappa shape index (κ2) is 12.6. The largest absolute Gasteiger partial charge is 0.493 e. The van der Waals surface area contributed by atoms with Crippen molar-refractivity contribution in [3.63, 3.8) is 0 Å². The lowest BCUT2D eigenvalue weighted by Gasteiger charge is -2.24. The number of amides is 2. The smallest absolute Gasteiger partial charge is 0.243 e. The van der Waals surface area contributed by atoms with E-state index in [9.17, 15) is 22.8 Å². The van der Waals surface area contributed by atoms with Gasteiger partial charge < -0.3 is 30.2 Å². The van der Waals surface area contributed by atoms with Crippen molar-refractivity contribution in [1.29, 1.82) is 0 Å². The van der Waals surface area contributed by atoms with Crippen molar-refractivity contribution in [3.8, 4) is 28.4 Å². The maximum absolute atomic E-state index is 13.7. The molecule has 2 aromatic carbocycles. The number of sulfone groups is 1. The first-order valence-electron chi connectivity index (χ1n) is 13.9. The Bertz CT molecular complexity index is 1540. The zero-order valence-electron chi connectivity index (χ0n) is 24.8. The molecule has 3 N–H and O–H groups in total. The van der Waals surface area contributed by atoms with Crippen molar-refractivity contribution < 1.29 is 32.2 Å². The molecule has 4 rings (SSSR count). The summed E-state index contributed by atoms with van der Waals surface area (Å²) >= 11 is 0. The number of carbonyl (C=O) groups excluding carboxylic acids is 2. The van der Waals surface area contributed by atoms with Gasteiger partial charge in [-0.2, -0.15) is 0 Å². The average molecular weight is 602 g/mol. The number of anilines is 1. The molecule has 11 nitrogen and oxygen atoms in total. The van der Waals surface area contributed by atoms with Crippen LogP contribution in [0.2, 0.25) is 0 Å². The molecule has 2 aliphatic rings. The Hall–Kier alpha value is -3.80. The van der Waals surface area contributed by atoms with E-state index in [0.29, 0.717) is 47.6 Å². The number of carbonyl (C=O) groups is 2. The normalized spacial score (nSPS) is 19.5. The van der Waals surface area contributed by atoms with Crippen LogP contribution in [0.4, 0.5) is 5.69 Å². The Morgan fingerprint density at radius 1 is 0.976 bits per heavy atom. The van der Waals surface area contributed by atoms with E-state index in [0.717, 1.165) is 11.1 Å². The average Bonchev–Trinajstić information content (AvgIpc) is 3.10. The minimum absolute atomic E-state index is 0.0412. The summed E-state index contributed by atoms with van der Waals surface area (Å²) in [5.41, 5.74) is 2.73. The van der Waals surface area contributed by atoms with Crippen LogP contribution in [0.5, 0.6) is 17.2 Å². The van der Waals surface area contributed by atoms with E-state index in [1.807, 2.05) is 19.9 Å². The summed E-state index contributed by atoms with van der Waals surface area (Å²) in [7, 11) is 1.43. The van der Waals surface area contributed by atoms with Gasteiger partial charge in [0.25, 0.3) is 0 Å². The molecule has 1 saturated heterocycles. The van der Waals surface area contributed by atoms with E-state index in [-0.39, 0.29) is 40.4 Å². The van der Waals surface area contributed by atoms with Gasteiger partial charge in [-0.05, 0) is 60.1 Å². The van der Waals surface area contributed by atoms with Gasteiger partial charge >= 0.3 is 0 Å². The molecule has 0 radical (unpaired) electrons. The number of benzene rings is 1. The van der Waals surface area contributed by atoms with Crippen LogP contribution in [0.1, 0.15) is 50.8 Å². The number of methoxy groups -OCH3 is 3. The van der Waals surface area contributed by atoms with Crippen molar-refractivity contribution in [1.82, 2.24) is 10.6 Å². The third kappa shape index (κ3) is 6.48. The molecule has 1 heterocycles. The quantitative estimate of drug-likeness (QED) is 0.394. The van der Waals surface area contributed by atoms with Gasteiger partial charge in [-0.25, -0.2) is 8.42 Å². The number of aryl methyl sites for hydroxylation is 1. The summed E-state index contributed by atoms with van der Waals surface area (Å²) in [6, 6.07) is 5.06. The highest BCUT2D eigenvalue weighted by atomic mass is 32.2. The van der Waals surface area contributed by atoms with Gasteiger partial charge in [-0.3, -0.25) is 14.4 Å². The van der Waals surface area contributed by atoms with Gasteiger partial charge in [0.15, 0.2) is 21.3 Å². The molecule has 12 heteroatoms. The molecule has 2 amide bonds. The predicted octanol–water partition coefficient (Wildman–Crippen LogP) is 2.60. The second-order valence-electron chi connectivity index (χ2n) is 11.1. The van der Waals surface area contributed by atoms with Crippen LogP contribution < -0.4 is 35.6 Å². The Balaban J connectivity index is 1.82. The Morgan fingerprint density at radius 3 is 2.26 bits per heavy atom. The maximum atomic E-state index is 13.7. The van der Waals surface area contributed by atoms with Crippen LogP contribution in [0.25, 0.3) is 11.1 Å². The van der Waals surface area contributed by atoms with Gasteiger partial charge in [0.2, 0.25) is 23.0 Å². The van der Waals surface area contributed by atoms with Crippen LogP contribution in [-0.2, 0) is 25.8 Å². The molecule has 0 bridgehead atoms. The SMILES string of the molecule is COc1cc2c(c(OC)c1OC)-c1ccc(NC(C(=O)NC3CCS(=O)(=O)C3)C(C)C)c(=O)cc1C(NC(C)=O)CC2. The first kappa shape index (κ1) is 31.1. The lowest BCUT2D eigenvalue weighted by atomic mass is 9.95. The van der Waals surface area contributed by atoms with E-state index in [4.69, 9.17) is 14.2 Å². The van der Waals surface area contributed by atoms with Gasteiger partial charge in [-0.1, -0.05) is 19.9 Å². The Labute approximate surface area is 246 Å². The lowest BCUT2D eigenvalue weighted by molar-refractivity contribution is -0.123. The molecule has 1 fully saturated rings. The Kier molecular flexibility index (Phi) is 9.34. The molecule has 3 unspecified atom stereocenters. The number of rotatable bonds is 9. The highest BCUT2D eigenvalue weighted by Crippen LogP contribution is 2.50. The lowest BCUT2D eigenvalue weighted by Crippen LogP contribution is -2.47.